The van der Waals surface area contributed by atoms with E-state index in [2.05, 4.69) is 46.7 Å². The Bertz CT molecular complexity index is 2650. The van der Waals surface area contributed by atoms with E-state index in [0.29, 0.717) is 42.3 Å². The van der Waals surface area contributed by atoms with Gasteiger partial charge in [0, 0.05) is 68.9 Å². The molecule has 5 aromatic rings. The molecule has 11 rings (SSSR count). The monoisotopic (exact) mass is 905 g/mol. The van der Waals surface area contributed by atoms with Gasteiger partial charge in [-0.05, 0) is 137 Å². The zero-order valence-corrected chi connectivity index (χ0v) is 38.0. The number of carbonyl (C=O) groups excluding carboxylic acids is 4. The van der Waals surface area contributed by atoms with Crippen molar-refractivity contribution in [1.29, 1.82) is 0 Å². The number of nitrogens with zero attached hydrogens (tertiary/aromatic N) is 9. The van der Waals surface area contributed by atoms with Crippen molar-refractivity contribution in [3.05, 3.63) is 95.8 Å². The van der Waals surface area contributed by atoms with E-state index < -0.39 is 6.04 Å². The van der Waals surface area contributed by atoms with Crippen molar-refractivity contribution >= 4 is 40.6 Å². The number of nitrogens with one attached hydrogen (secondary N) is 1. The number of nitrogens with two attached hydrogens (primary N) is 1. The number of anilines is 1. The lowest BCUT2D eigenvalue weighted by Gasteiger charge is -2.45. The summed E-state index contributed by atoms with van der Waals surface area (Å²) >= 11 is 0. The Morgan fingerprint density at radius 2 is 1.42 bits per heavy atom. The van der Waals surface area contributed by atoms with Crippen molar-refractivity contribution in [1.82, 2.24) is 49.6 Å². The van der Waals surface area contributed by atoms with E-state index in [1.165, 1.54) is 11.9 Å². The van der Waals surface area contributed by atoms with Crippen LogP contribution in [0.3, 0.4) is 0 Å². The number of aromatic nitrogens is 4. The average molecular weight is 906 g/mol. The lowest BCUT2D eigenvalue weighted by molar-refractivity contribution is -0.136. The maximum absolute atomic E-state index is 13.9. The van der Waals surface area contributed by atoms with Crippen LogP contribution in [0, 0.1) is 0 Å². The van der Waals surface area contributed by atoms with Crippen LogP contribution in [0.15, 0.2) is 79.1 Å². The normalized spacial score (nSPS) is 22.9. The number of piperidine rings is 5. The number of amides is 5. The van der Waals surface area contributed by atoms with E-state index in [0.717, 1.165) is 143 Å². The first kappa shape index (κ1) is 43.2. The molecule has 16 nitrogen and oxygen atoms in total. The fourth-order valence-electron chi connectivity index (χ4n) is 11.8. The van der Waals surface area contributed by atoms with Gasteiger partial charge in [-0.1, -0.05) is 30.3 Å². The number of likely N-dealkylation sites (tertiary alicyclic amines) is 4. The van der Waals surface area contributed by atoms with Gasteiger partial charge in [-0.15, -0.1) is 0 Å². The molecule has 0 bridgehead atoms. The molecule has 6 aliphatic heterocycles. The van der Waals surface area contributed by atoms with Crippen LogP contribution in [0.1, 0.15) is 97.7 Å². The maximum Gasteiger partial charge on any atom is 0.320 e. The van der Waals surface area contributed by atoms with Gasteiger partial charge in [0.1, 0.15) is 35.4 Å². The van der Waals surface area contributed by atoms with E-state index >= 15 is 0 Å². The first-order valence-corrected chi connectivity index (χ1v) is 24.4. The average Bonchev–Trinajstić information content (AvgIpc) is 3.92. The Morgan fingerprint density at radius 1 is 0.716 bits per heavy atom. The second kappa shape index (κ2) is 18.4. The highest BCUT2D eigenvalue weighted by Gasteiger charge is 2.40. The van der Waals surface area contributed by atoms with Crippen molar-refractivity contribution in [3.63, 3.8) is 0 Å². The minimum atomic E-state index is -0.597. The zero-order valence-electron chi connectivity index (χ0n) is 38.0. The topological polar surface area (TPSA) is 175 Å². The number of hydrogen-bond acceptors (Lipinski definition) is 11. The number of rotatable bonds is 8. The lowest BCUT2D eigenvalue weighted by atomic mass is 9.86. The Morgan fingerprint density at radius 3 is 2.13 bits per heavy atom. The minimum Gasteiger partial charge on any atom is -0.457 e. The van der Waals surface area contributed by atoms with Crippen molar-refractivity contribution in [2.75, 3.05) is 58.1 Å². The van der Waals surface area contributed by atoms with Crippen LogP contribution in [0.4, 0.5) is 10.6 Å². The Kier molecular flexibility index (Phi) is 11.8. The summed E-state index contributed by atoms with van der Waals surface area (Å²) in [5.41, 5.74) is 11.9. The highest BCUT2D eigenvalue weighted by molar-refractivity contribution is 6.05. The summed E-state index contributed by atoms with van der Waals surface area (Å²) in [6.45, 7) is 7.47. The van der Waals surface area contributed by atoms with Crippen LogP contribution in [-0.4, -0.2) is 138 Å². The predicted molar refractivity (Wildman–Crippen MR) is 252 cm³/mol. The second-order valence-electron chi connectivity index (χ2n) is 19.3. The largest absolute Gasteiger partial charge is 0.457 e. The molecule has 5 fully saturated rings. The van der Waals surface area contributed by atoms with E-state index in [4.69, 9.17) is 20.6 Å². The smallest absolute Gasteiger partial charge is 0.320 e. The highest BCUT2D eigenvalue weighted by atomic mass is 16.5. The molecular formula is C51H59N11O5. The molecule has 3 aromatic carbocycles. The van der Waals surface area contributed by atoms with Gasteiger partial charge in [-0.3, -0.25) is 24.6 Å². The molecule has 16 heteroatoms. The molecule has 3 N–H and O–H groups in total. The fourth-order valence-corrected chi connectivity index (χ4v) is 11.8. The Hall–Kier alpha value is -6.39. The molecule has 348 valence electrons. The number of para-hydroxylation sites is 1. The molecule has 67 heavy (non-hydrogen) atoms. The number of imide groups is 1. The standard InChI is InChI=1S/C51H59N11O5/c52-47-45-46(34-8-11-41(12-9-34)67-40-6-2-1-3-7-40)56-62(48(45)54-32-53-47)39-5-4-22-60(31-39)38-20-27-59(28-21-38)51(66)58-25-18-37(19-26-58)57-23-16-33(17-24-57)35-10-13-42-36(29-35)30-61(50(42)65)43-14-15-44(63)55-49(43)64/h1-3,6-13,29,32-33,37-39,43H,4-5,14-28,30-31H2,(H2,52,53,54)(H,55,63,64)/t39-,43?/m1/s1. The van der Waals surface area contributed by atoms with Gasteiger partial charge in [0.25, 0.3) is 5.91 Å². The predicted octanol–water partition coefficient (Wildman–Crippen LogP) is 6.19. The van der Waals surface area contributed by atoms with Gasteiger partial charge in [-0.2, -0.15) is 5.10 Å². The van der Waals surface area contributed by atoms with Gasteiger partial charge in [0.2, 0.25) is 11.8 Å². The quantitative estimate of drug-likeness (QED) is 0.170. The number of benzene rings is 3. The molecule has 0 radical (unpaired) electrons. The Balaban J connectivity index is 0.651. The van der Waals surface area contributed by atoms with Crippen molar-refractivity contribution in [2.45, 2.75) is 101 Å². The molecular weight excluding hydrogens is 847 g/mol. The molecule has 0 spiro atoms. The van der Waals surface area contributed by atoms with Crippen LogP contribution in [0.25, 0.3) is 22.3 Å². The number of ether oxygens (including phenoxy) is 1. The number of nitrogen functional groups attached to an aromatic ring is 1. The third-order valence-electron chi connectivity index (χ3n) is 15.4. The molecule has 0 aliphatic carbocycles. The van der Waals surface area contributed by atoms with Gasteiger partial charge >= 0.3 is 6.03 Å². The molecule has 5 amide bonds. The van der Waals surface area contributed by atoms with E-state index in [1.54, 1.807) is 4.90 Å². The van der Waals surface area contributed by atoms with E-state index in [-0.39, 0.29) is 36.2 Å². The number of carbonyl (C=O) groups is 4. The Labute approximate surface area is 390 Å². The zero-order chi connectivity index (χ0) is 45.6. The molecule has 2 aromatic heterocycles. The third-order valence-corrected chi connectivity index (χ3v) is 15.4. The highest BCUT2D eigenvalue weighted by Crippen LogP contribution is 2.38. The lowest BCUT2D eigenvalue weighted by Crippen LogP contribution is -2.55. The summed E-state index contributed by atoms with van der Waals surface area (Å²) in [5, 5.41) is 8.35. The molecule has 6 aliphatic rings. The van der Waals surface area contributed by atoms with Crippen molar-refractivity contribution in [3.8, 4) is 22.8 Å². The minimum absolute atomic E-state index is 0.126. The van der Waals surface area contributed by atoms with Crippen molar-refractivity contribution in [2.24, 2.45) is 0 Å². The van der Waals surface area contributed by atoms with Gasteiger partial charge in [0.15, 0.2) is 5.65 Å². The van der Waals surface area contributed by atoms with E-state index in [1.807, 2.05) is 60.7 Å². The van der Waals surface area contributed by atoms with Crippen LogP contribution >= 0.6 is 0 Å². The number of urea groups is 1. The summed E-state index contributed by atoms with van der Waals surface area (Å²) in [7, 11) is 0. The second-order valence-corrected chi connectivity index (χ2v) is 19.3. The van der Waals surface area contributed by atoms with E-state index in [9.17, 15) is 19.2 Å². The molecule has 0 saturated carbocycles. The van der Waals surface area contributed by atoms with Crippen molar-refractivity contribution < 1.29 is 23.9 Å². The van der Waals surface area contributed by atoms with Gasteiger partial charge < -0.3 is 30.1 Å². The van der Waals surface area contributed by atoms with Crippen LogP contribution < -0.4 is 15.8 Å². The first-order valence-electron chi connectivity index (χ1n) is 24.4. The number of fused-ring (bicyclic) bond motifs is 2. The first-order chi connectivity index (χ1) is 32.7. The van der Waals surface area contributed by atoms with Crippen LogP contribution in [0.5, 0.6) is 11.5 Å². The maximum atomic E-state index is 13.9. The molecule has 1 unspecified atom stereocenters. The summed E-state index contributed by atoms with van der Waals surface area (Å²) in [6, 6.07) is 24.5. The molecule has 2 atom stereocenters. The fraction of sp³-hybridized carbons (Fsp3) is 0.471. The summed E-state index contributed by atoms with van der Waals surface area (Å²) in [4.78, 5) is 71.4. The third kappa shape index (κ3) is 8.61. The summed E-state index contributed by atoms with van der Waals surface area (Å²) in [6.07, 6.45) is 10.2. The van der Waals surface area contributed by atoms with Crippen LogP contribution in [0.2, 0.25) is 0 Å². The summed E-state index contributed by atoms with van der Waals surface area (Å²) < 4.78 is 8.12. The SMILES string of the molecule is Nc1ncnc2c1c(-c1ccc(Oc3ccccc3)cc1)nn2[C@@H]1CCCN(C2CCN(C(=O)N3CCC(N4CCC(c5ccc6c(c5)CN(C5CCC(=O)NC5=O)C6=O)CC4)CC3)CC2)C1. The van der Waals surface area contributed by atoms with Crippen LogP contribution in [-0.2, 0) is 16.1 Å². The van der Waals surface area contributed by atoms with Gasteiger partial charge in [0.05, 0.1) is 11.4 Å². The molecule has 8 heterocycles. The summed E-state index contributed by atoms with van der Waals surface area (Å²) in [5.74, 6) is 1.58. The van der Waals surface area contributed by atoms with Gasteiger partial charge in [-0.25, -0.2) is 19.4 Å². The number of hydrogen-bond donors (Lipinski definition) is 2. The molecule has 5 saturated heterocycles.